The largest absolute Gasteiger partial charge is 0.494 e. The van der Waals surface area contributed by atoms with Gasteiger partial charge in [0.25, 0.3) is 11.8 Å². The zero-order valence-corrected chi connectivity index (χ0v) is 22.5. The zero-order valence-electron chi connectivity index (χ0n) is 20.9. The van der Waals surface area contributed by atoms with Gasteiger partial charge >= 0.3 is 5.97 Å². The van der Waals surface area contributed by atoms with Crippen LogP contribution < -0.4 is 29.7 Å². The van der Waals surface area contributed by atoms with E-state index in [2.05, 4.69) is 31.8 Å². The molecule has 2 N–H and O–H groups in total. The number of hydrogen-bond donors (Lipinski definition) is 2. The standard InChI is InChI=1S/C27H26BrN3O7/c1-4-37-21-9-5-17(6-10-21)27(34)38-22-12-8-20(28)13-19(22)15-30-31-25(32)16-29-26(33)18-7-11-23(35-2)24(14-18)36-3/h5-15H,4,16H2,1-3H3,(H,29,33)(H,31,32). The number of methoxy groups -OCH3 is 2. The zero-order chi connectivity index (χ0) is 27.5. The van der Waals surface area contributed by atoms with Gasteiger partial charge in [-0.05, 0) is 67.6 Å². The minimum atomic E-state index is -0.563. The molecule has 3 rings (SSSR count). The van der Waals surface area contributed by atoms with Gasteiger partial charge in [-0.3, -0.25) is 9.59 Å². The summed E-state index contributed by atoms with van der Waals surface area (Å²) in [5.41, 5.74) is 3.41. The second-order valence-electron chi connectivity index (χ2n) is 7.57. The Labute approximate surface area is 228 Å². The van der Waals surface area contributed by atoms with Crippen molar-refractivity contribution in [2.45, 2.75) is 6.92 Å². The van der Waals surface area contributed by atoms with E-state index in [1.165, 1.54) is 26.5 Å². The highest BCUT2D eigenvalue weighted by atomic mass is 79.9. The Hall–Kier alpha value is -4.38. The number of esters is 1. The van der Waals surface area contributed by atoms with Gasteiger partial charge in [0.15, 0.2) is 11.5 Å². The van der Waals surface area contributed by atoms with Gasteiger partial charge < -0.3 is 24.3 Å². The molecule has 3 aromatic carbocycles. The van der Waals surface area contributed by atoms with Gasteiger partial charge in [-0.15, -0.1) is 0 Å². The summed E-state index contributed by atoms with van der Waals surface area (Å²) in [4.78, 5) is 37.2. The summed E-state index contributed by atoms with van der Waals surface area (Å²) in [7, 11) is 2.95. The van der Waals surface area contributed by atoms with Crippen molar-refractivity contribution < 1.29 is 33.3 Å². The fourth-order valence-electron chi connectivity index (χ4n) is 3.18. The van der Waals surface area contributed by atoms with Crippen LogP contribution in [0, 0.1) is 0 Å². The van der Waals surface area contributed by atoms with Crippen LogP contribution in [0.3, 0.4) is 0 Å². The molecule has 0 unspecified atom stereocenters. The molecule has 0 bridgehead atoms. The third-order valence-corrected chi connectivity index (χ3v) is 5.52. The van der Waals surface area contributed by atoms with Crippen LogP contribution in [-0.4, -0.2) is 51.4 Å². The highest BCUT2D eigenvalue weighted by molar-refractivity contribution is 9.10. The lowest BCUT2D eigenvalue weighted by atomic mass is 10.2. The van der Waals surface area contributed by atoms with Crippen LogP contribution in [0.2, 0.25) is 0 Å². The Bertz CT molecular complexity index is 1330. The van der Waals surface area contributed by atoms with Crippen molar-refractivity contribution in [2.24, 2.45) is 5.10 Å². The summed E-state index contributed by atoms with van der Waals surface area (Å²) in [6.07, 6.45) is 1.33. The lowest BCUT2D eigenvalue weighted by Crippen LogP contribution is -2.34. The molecule has 0 saturated carbocycles. The van der Waals surface area contributed by atoms with Crippen molar-refractivity contribution in [3.05, 3.63) is 81.8 Å². The van der Waals surface area contributed by atoms with E-state index in [0.717, 1.165) is 0 Å². The van der Waals surface area contributed by atoms with Crippen molar-refractivity contribution >= 4 is 39.9 Å². The Kier molecular flexibility index (Phi) is 10.2. The van der Waals surface area contributed by atoms with E-state index in [1.807, 2.05) is 6.92 Å². The maximum atomic E-state index is 12.6. The van der Waals surface area contributed by atoms with Gasteiger partial charge in [0.05, 0.1) is 39.1 Å². The van der Waals surface area contributed by atoms with Crippen LogP contribution in [0.25, 0.3) is 0 Å². The van der Waals surface area contributed by atoms with Crippen LogP contribution >= 0.6 is 15.9 Å². The smallest absolute Gasteiger partial charge is 0.343 e. The van der Waals surface area contributed by atoms with E-state index >= 15 is 0 Å². The molecule has 38 heavy (non-hydrogen) atoms. The van der Waals surface area contributed by atoms with E-state index in [9.17, 15) is 14.4 Å². The Balaban J connectivity index is 1.58. The molecule has 10 nitrogen and oxygen atoms in total. The summed E-state index contributed by atoms with van der Waals surface area (Å²) in [6, 6.07) is 16.2. The monoisotopic (exact) mass is 583 g/mol. The summed E-state index contributed by atoms with van der Waals surface area (Å²) >= 11 is 3.37. The van der Waals surface area contributed by atoms with Gasteiger partial charge in [-0.25, -0.2) is 10.2 Å². The number of nitrogens with zero attached hydrogens (tertiary/aromatic N) is 1. The van der Waals surface area contributed by atoms with Gasteiger partial charge in [0, 0.05) is 15.6 Å². The Morgan fingerprint density at radius 2 is 1.58 bits per heavy atom. The predicted octanol–water partition coefficient (Wildman–Crippen LogP) is 3.96. The predicted molar refractivity (Wildman–Crippen MR) is 144 cm³/mol. The molecule has 0 saturated heterocycles. The van der Waals surface area contributed by atoms with Gasteiger partial charge in [-0.1, -0.05) is 15.9 Å². The number of nitrogens with one attached hydrogen (secondary N) is 2. The number of amides is 2. The first-order valence-corrected chi connectivity index (χ1v) is 12.2. The van der Waals surface area contributed by atoms with E-state index < -0.39 is 17.8 Å². The number of carbonyl (C=O) groups is 3. The van der Waals surface area contributed by atoms with Crippen molar-refractivity contribution in [3.8, 4) is 23.0 Å². The first-order chi connectivity index (χ1) is 18.3. The molecule has 2 amide bonds. The number of hydrazone groups is 1. The molecule has 0 heterocycles. The molecule has 0 aromatic heterocycles. The third-order valence-electron chi connectivity index (χ3n) is 5.02. The fourth-order valence-corrected chi connectivity index (χ4v) is 3.56. The summed E-state index contributed by atoms with van der Waals surface area (Å²) in [6.45, 7) is 2.08. The number of carbonyl (C=O) groups excluding carboxylic acids is 3. The van der Waals surface area contributed by atoms with E-state index in [0.29, 0.717) is 45.0 Å². The van der Waals surface area contributed by atoms with Gasteiger partial charge in [0.1, 0.15) is 11.5 Å². The molecule has 0 aliphatic rings. The molecule has 198 valence electrons. The molecule has 0 aliphatic heterocycles. The van der Waals surface area contributed by atoms with Crippen molar-refractivity contribution in [3.63, 3.8) is 0 Å². The van der Waals surface area contributed by atoms with Crippen LogP contribution in [-0.2, 0) is 4.79 Å². The molecule has 11 heteroatoms. The van der Waals surface area contributed by atoms with E-state index in [-0.39, 0.29) is 12.3 Å². The normalized spacial score (nSPS) is 10.5. The average molecular weight is 584 g/mol. The number of halogens is 1. The van der Waals surface area contributed by atoms with Crippen LogP contribution in [0.1, 0.15) is 33.2 Å². The van der Waals surface area contributed by atoms with E-state index in [1.54, 1.807) is 54.6 Å². The quantitative estimate of drug-likeness (QED) is 0.151. The molecule has 0 aliphatic carbocycles. The number of rotatable bonds is 11. The Morgan fingerprint density at radius 1 is 0.895 bits per heavy atom. The van der Waals surface area contributed by atoms with Crippen molar-refractivity contribution in [2.75, 3.05) is 27.4 Å². The minimum Gasteiger partial charge on any atom is -0.494 e. The topological polar surface area (TPSA) is 125 Å². The van der Waals surface area contributed by atoms with E-state index in [4.69, 9.17) is 18.9 Å². The molecule has 0 fully saturated rings. The third kappa shape index (κ3) is 7.81. The number of benzene rings is 3. The molecule has 0 atom stereocenters. The van der Waals surface area contributed by atoms with Gasteiger partial charge in [0.2, 0.25) is 0 Å². The van der Waals surface area contributed by atoms with Crippen LogP contribution in [0.4, 0.5) is 0 Å². The maximum Gasteiger partial charge on any atom is 0.343 e. The first kappa shape index (κ1) is 28.2. The highest BCUT2D eigenvalue weighted by Crippen LogP contribution is 2.27. The molecular weight excluding hydrogens is 558 g/mol. The summed E-state index contributed by atoms with van der Waals surface area (Å²) < 4.78 is 22.0. The summed E-state index contributed by atoms with van der Waals surface area (Å²) in [5.74, 6) is 0.170. The number of ether oxygens (including phenoxy) is 4. The SMILES string of the molecule is CCOc1ccc(C(=O)Oc2ccc(Br)cc2C=NNC(=O)CNC(=O)c2ccc(OC)c(OC)c2)cc1. The van der Waals surface area contributed by atoms with Crippen molar-refractivity contribution in [1.82, 2.24) is 10.7 Å². The van der Waals surface area contributed by atoms with Crippen LogP contribution in [0.15, 0.2) is 70.2 Å². The molecule has 0 radical (unpaired) electrons. The minimum absolute atomic E-state index is 0.242. The second kappa shape index (κ2) is 13.8. The molecular formula is C27H26BrN3O7. The molecule has 0 spiro atoms. The van der Waals surface area contributed by atoms with Crippen molar-refractivity contribution in [1.29, 1.82) is 0 Å². The highest BCUT2D eigenvalue weighted by Gasteiger charge is 2.13. The second-order valence-corrected chi connectivity index (χ2v) is 8.49. The lowest BCUT2D eigenvalue weighted by molar-refractivity contribution is -0.120. The first-order valence-electron chi connectivity index (χ1n) is 11.4. The molecule has 3 aromatic rings. The maximum absolute atomic E-state index is 12.6. The summed E-state index contributed by atoms with van der Waals surface area (Å²) in [5, 5.41) is 6.42. The average Bonchev–Trinajstić information content (AvgIpc) is 2.93. The Morgan fingerprint density at radius 3 is 2.26 bits per heavy atom. The number of hydrogen-bond acceptors (Lipinski definition) is 8. The lowest BCUT2D eigenvalue weighted by Gasteiger charge is -2.10. The van der Waals surface area contributed by atoms with Crippen LogP contribution in [0.5, 0.6) is 23.0 Å². The fraction of sp³-hybridized carbons (Fsp3) is 0.185. The van der Waals surface area contributed by atoms with Gasteiger partial charge in [-0.2, -0.15) is 5.10 Å².